The van der Waals surface area contributed by atoms with E-state index in [2.05, 4.69) is 47.5 Å². The van der Waals surface area contributed by atoms with Gasteiger partial charge < -0.3 is 24.8 Å². The van der Waals surface area contributed by atoms with Gasteiger partial charge in [0.05, 0.1) is 18.9 Å². The number of aromatic nitrogens is 1. The third-order valence-electron chi connectivity index (χ3n) is 9.28. The van der Waals surface area contributed by atoms with Crippen LogP contribution in [0.15, 0.2) is 54.2 Å². The minimum atomic E-state index is -0.748. The highest BCUT2D eigenvalue weighted by Crippen LogP contribution is 2.45. The third kappa shape index (κ3) is 5.31. The summed E-state index contributed by atoms with van der Waals surface area (Å²) in [6.07, 6.45) is 3.33. The van der Waals surface area contributed by atoms with Crippen molar-refractivity contribution in [3.05, 3.63) is 76.5 Å². The molecule has 2 aromatic carbocycles. The lowest BCUT2D eigenvalue weighted by Crippen LogP contribution is -2.52. The van der Waals surface area contributed by atoms with Gasteiger partial charge in [0.25, 0.3) is 5.91 Å². The highest BCUT2D eigenvalue weighted by molar-refractivity contribution is 6.05. The first-order chi connectivity index (χ1) is 20.7. The molecule has 2 unspecified atom stereocenters. The van der Waals surface area contributed by atoms with Crippen molar-refractivity contribution in [2.75, 3.05) is 53.3 Å². The molecule has 1 aromatic heterocycles. The summed E-state index contributed by atoms with van der Waals surface area (Å²) in [5.41, 5.74) is 10.1. The van der Waals surface area contributed by atoms with E-state index in [0.717, 1.165) is 65.1 Å². The first kappa shape index (κ1) is 29.3. The number of aliphatic hydroxyl groups excluding tert-OH is 1. The Morgan fingerprint density at radius 2 is 1.72 bits per heavy atom. The normalized spacial score (nSPS) is 20.9. The number of pyridine rings is 1. The molecule has 0 radical (unpaired) electrons. The molecule has 1 aliphatic carbocycles. The standard InChI is InChI=1S/C34H41N5O4/c1-20-25(26-10-8-12-28(21(26)2)35-32(40)23-16-37(3)34(41)38(4)17-23)9-7-11-27(20)29-15-22-13-14-30(31(22)33(36-29)43-6)39-18-24(19-39)42-5/h7-12,15-16,24,30,34,41H,13-14,17-19H2,1-6H3,(H,35,40). The number of hydrogen-bond acceptors (Lipinski definition) is 8. The van der Waals surface area contributed by atoms with Gasteiger partial charge in [-0.2, -0.15) is 0 Å². The van der Waals surface area contributed by atoms with Crippen molar-refractivity contribution in [3.63, 3.8) is 0 Å². The van der Waals surface area contributed by atoms with E-state index >= 15 is 0 Å². The Balaban J connectivity index is 1.29. The lowest BCUT2D eigenvalue weighted by Gasteiger charge is -2.42. The number of anilines is 1. The molecule has 2 N–H and O–H groups in total. The molecule has 1 amide bonds. The Labute approximate surface area is 253 Å². The topological polar surface area (TPSA) is 90.4 Å². The lowest BCUT2D eigenvalue weighted by atomic mass is 9.91. The van der Waals surface area contributed by atoms with Crippen LogP contribution >= 0.6 is 0 Å². The second-order valence-electron chi connectivity index (χ2n) is 11.9. The summed E-state index contributed by atoms with van der Waals surface area (Å²) in [6.45, 7) is 6.42. The number of carbonyl (C=O) groups is 1. The Morgan fingerprint density at radius 1 is 1.02 bits per heavy atom. The van der Waals surface area contributed by atoms with Gasteiger partial charge >= 0.3 is 0 Å². The van der Waals surface area contributed by atoms with Gasteiger partial charge in [0.1, 0.15) is 0 Å². The number of likely N-dealkylation sites (tertiary alicyclic amines) is 1. The van der Waals surface area contributed by atoms with Crippen LogP contribution in [0, 0.1) is 13.8 Å². The number of nitrogens with one attached hydrogen (secondary N) is 1. The van der Waals surface area contributed by atoms with Gasteiger partial charge in [-0.1, -0.05) is 30.3 Å². The van der Waals surface area contributed by atoms with Crippen LogP contribution in [0.2, 0.25) is 0 Å². The van der Waals surface area contributed by atoms with Crippen LogP contribution in [-0.4, -0.2) is 91.1 Å². The van der Waals surface area contributed by atoms with Crippen molar-refractivity contribution in [1.82, 2.24) is 19.7 Å². The van der Waals surface area contributed by atoms with Gasteiger partial charge in [0.15, 0.2) is 6.35 Å². The summed E-state index contributed by atoms with van der Waals surface area (Å²) < 4.78 is 11.4. The molecule has 226 valence electrons. The van der Waals surface area contributed by atoms with Crippen molar-refractivity contribution < 1.29 is 19.4 Å². The molecule has 2 atom stereocenters. The molecule has 9 nitrogen and oxygen atoms in total. The predicted octanol–water partition coefficient (Wildman–Crippen LogP) is 4.33. The molecule has 9 heteroatoms. The Kier molecular flexibility index (Phi) is 8.00. The highest BCUT2D eigenvalue weighted by Gasteiger charge is 2.39. The molecule has 0 bridgehead atoms. The van der Waals surface area contributed by atoms with Crippen LogP contribution in [0.4, 0.5) is 5.69 Å². The van der Waals surface area contributed by atoms with Crippen molar-refractivity contribution in [2.45, 2.75) is 45.2 Å². The molecule has 3 aliphatic rings. The number of methoxy groups -OCH3 is 2. The summed E-state index contributed by atoms with van der Waals surface area (Å²) in [5.74, 6) is 0.530. The van der Waals surface area contributed by atoms with Crippen molar-refractivity contribution in [2.24, 2.45) is 0 Å². The number of aliphatic hydroxyl groups is 1. The van der Waals surface area contributed by atoms with Gasteiger partial charge in [0, 0.05) is 68.4 Å². The van der Waals surface area contributed by atoms with E-state index in [9.17, 15) is 9.90 Å². The molecular weight excluding hydrogens is 542 g/mol. The van der Waals surface area contributed by atoms with E-state index in [4.69, 9.17) is 14.5 Å². The molecule has 3 heterocycles. The smallest absolute Gasteiger partial charge is 0.254 e. The van der Waals surface area contributed by atoms with E-state index in [-0.39, 0.29) is 5.91 Å². The summed E-state index contributed by atoms with van der Waals surface area (Å²) in [5, 5.41) is 13.3. The lowest BCUT2D eigenvalue weighted by molar-refractivity contribution is -0.115. The molecule has 2 aliphatic heterocycles. The second kappa shape index (κ2) is 11.7. The fraction of sp³-hybridized carbons (Fsp3) is 0.412. The molecule has 3 aromatic rings. The van der Waals surface area contributed by atoms with E-state index in [1.807, 2.05) is 19.1 Å². The number of likely N-dealkylation sites (N-methyl/N-ethyl adjacent to an activating group) is 1. The number of benzene rings is 2. The summed E-state index contributed by atoms with van der Waals surface area (Å²) >= 11 is 0. The van der Waals surface area contributed by atoms with Gasteiger partial charge in [-0.05, 0) is 73.7 Å². The molecule has 0 spiro atoms. The zero-order chi connectivity index (χ0) is 30.4. The van der Waals surface area contributed by atoms with Gasteiger partial charge in [0.2, 0.25) is 5.88 Å². The highest BCUT2D eigenvalue weighted by atomic mass is 16.5. The van der Waals surface area contributed by atoms with Crippen LogP contribution in [0.1, 0.15) is 34.7 Å². The van der Waals surface area contributed by atoms with Crippen LogP contribution in [0.25, 0.3) is 22.4 Å². The van der Waals surface area contributed by atoms with E-state index in [0.29, 0.717) is 30.1 Å². The van der Waals surface area contributed by atoms with Crippen LogP contribution < -0.4 is 10.1 Å². The van der Waals surface area contributed by atoms with E-state index in [1.165, 1.54) is 11.1 Å². The average molecular weight is 584 g/mol. The summed E-state index contributed by atoms with van der Waals surface area (Å²) in [6, 6.07) is 14.9. The number of ether oxygens (including phenoxy) is 2. The maximum absolute atomic E-state index is 13.2. The second-order valence-corrected chi connectivity index (χ2v) is 11.9. The van der Waals surface area contributed by atoms with Crippen LogP contribution in [0.5, 0.6) is 5.88 Å². The SMILES string of the molecule is COc1nc(-c2cccc(-c3cccc(NC(=O)C4=CN(C)C(O)N(C)C4)c3C)c2C)cc2c1C(N1CC(OC)C1)CC2. The molecule has 43 heavy (non-hydrogen) atoms. The molecule has 6 rings (SSSR count). The number of hydrogen-bond donors (Lipinski definition) is 2. The van der Waals surface area contributed by atoms with Crippen LogP contribution in [0.3, 0.4) is 0 Å². The van der Waals surface area contributed by atoms with E-state index in [1.54, 1.807) is 44.3 Å². The summed E-state index contributed by atoms with van der Waals surface area (Å²) in [7, 11) is 7.03. The molecule has 0 saturated carbocycles. The van der Waals surface area contributed by atoms with Gasteiger partial charge in [-0.25, -0.2) is 4.98 Å². The average Bonchev–Trinajstić information content (AvgIpc) is 3.39. The van der Waals surface area contributed by atoms with Crippen molar-refractivity contribution in [3.8, 4) is 28.3 Å². The maximum Gasteiger partial charge on any atom is 0.254 e. The van der Waals surface area contributed by atoms with Gasteiger partial charge in [-0.15, -0.1) is 0 Å². The number of rotatable bonds is 7. The largest absolute Gasteiger partial charge is 0.481 e. The minimum absolute atomic E-state index is 0.181. The first-order valence-corrected chi connectivity index (χ1v) is 14.9. The predicted molar refractivity (Wildman–Crippen MR) is 168 cm³/mol. The fourth-order valence-electron chi connectivity index (χ4n) is 6.73. The number of nitrogens with zero attached hydrogens (tertiary/aromatic N) is 4. The molecule has 1 saturated heterocycles. The quantitative estimate of drug-likeness (QED) is 0.425. The Hall–Kier alpha value is -3.76. The zero-order valence-corrected chi connectivity index (χ0v) is 25.8. The van der Waals surface area contributed by atoms with Crippen molar-refractivity contribution >= 4 is 11.6 Å². The van der Waals surface area contributed by atoms with E-state index < -0.39 is 6.35 Å². The van der Waals surface area contributed by atoms with Crippen molar-refractivity contribution in [1.29, 1.82) is 0 Å². The zero-order valence-electron chi connectivity index (χ0n) is 25.8. The number of carbonyl (C=O) groups excluding carboxylic acids is 1. The number of amides is 1. The first-order valence-electron chi connectivity index (χ1n) is 14.9. The van der Waals surface area contributed by atoms with Crippen LogP contribution in [-0.2, 0) is 16.0 Å². The number of fused-ring (bicyclic) bond motifs is 1. The van der Waals surface area contributed by atoms with Gasteiger partial charge in [-0.3, -0.25) is 14.6 Å². The summed E-state index contributed by atoms with van der Waals surface area (Å²) in [4.78, 5) is 24.1. The maximum atomic E-state index is 13.2. The third-order valence-corrected chi connectivity index (χ3v) is 9.28. The number of aryl methyl sites for hydroxylation is 1. The monoisotopic (exact) mass is 583 g/mol. The molecule has 1 fully saturated rings. The molecular formula is C34H41N5O4. The minimum Gasteiger partial charge on any atom is -0.481 e. The Morgan fingerprint density at radius 3 is 2.42 bits per heavy atom. The Bertz CT molecular complexity index is 1580. The fourth-order valence-corrected chi connectivity index (χ4v) is 6.73.